The number of carbonyl (C=O) groups excluding carboxylic acids is 1. The summed E-state index contributed by atoms with van der Waals surface area (Å²) in [6.45, 7) is -0.108. The van der Waals surface area contributed by atoms with E-state index in [-0.39, 0.29) is 12.5 Å². The van der Waals surface area contributed by atoms with Crippen molar-refractivity contribution in [1.82, 2.24) is 4.98 Å². The molecule has 5 heteroatoms. The van der Waals surface area contributed by atoms with Crippen molar-refractivity contribution in [3.8, 4) is 11.5 Å². The lowest BCUT2D eigenvalue weighted by Gasteiger charge is -2.11. The number of benzene rings is 2. The molecule has 0 aliphatic rings. The summed E-state index contributed by atoms with van der Waals surface area (Å²) in [6, 6.07) is 16.6. The van der Waals surface area contributed by atoms with E-state index >= 15 is 0 Å². The molecule has 0 aliphatic heterocycles. The van der Waals surface area contributed by atoms with E-state index in [1.165, 1.54) is 0 Å². The first-order valence-electron chi connectivity index (χ1n) is 7.17. The standard InChI is InChI=1S/C18H16N2O3/c1-22-15-9-2-3-10-16(15)23-12-17(21)20-14-8-4-6-13-7-5-11-19-18(13)14/h2-11H,12H2,1H3,(H,20,21). The lowest BCUT2D eigenvalue weighted by molar-refractivity contribution is -0.118. The van der Waals surface area contributed by atoms with E-state index < -0.39 is 0 Å². The third-order valence-electron chi connectivity index (χ3n) is 3.33. The van der Waals surface area contributed by atoms with Crippen LogP contribution in [-0.2, 0) is 4.79 Å². The highest BCUT2D eigenvalue weighted by Gasteiger charge is 2.09. The van der Waals surface area contributed by atoms with Crippen LogP contribution in [0.2, 0.25) is 0 Å². The molecule has 23 heavy (non-hydrogen) atoms. The van der Waals surface area contributed by atoms with Gasteiger partial charge in [-0.2, -0.15) is 0 Å². The lowest BCUT2D eigenvalue weighted by Crippen LogP contribution is -2.20. The number of rotatable bonds is 5. The van der Waals surface area contributed by atoms with Crippen LogP contribution >= 0.6 is 0 Å². The number of pyridine rings is 1. The third-order valence-corrected chi connectivity index (χ3v) is 3.33. The van der Waals surface area contributed by atoms with Crippen molar-refractivity contribution in [3.05, 3.63) is 60.8 Å². The lowest BCUT2D eigenvalue weighted by atomic mass is 10.2. The molecule has 2 aromatic carbocycles. The molecule has 1 amide bonds. The number of anilines is 1. The summed E-state index contributed by atoms with van der Waals surface area (Å²) >= 11 is 0. The summed E-state index contributed by atoms with van der Waals surface area (Å²) < 4.78 is 10.7. The number of ether oxygens (including phenoxy) is 2. The number of nitrogens with zero attached hydrogens (tertiary/aromatic N) is 1. The molecule has 5 nitrogen and oxygen atoms in total. The second kappa shape index (κ2) is 6.79. The van der Waals surface area contributed by atoms with Gasteiger partial charge in [-0.15, -0.1) is 0 Å². The maximum absolute atomic E-state index is 12.1. The van der Waals surface area contributed by atoms with Gasteiger partial charge in [0, 0.05) is 11.6 Å². The van der Waals surface area contributed by atoms with Crippen LogP contribution in [0.5, 0.6) is 11.5 Å². The minimum absolute atomic E-state index is 0.108. The number of aromatic nitrogens is 1. The first kappa shape index (κ1) is 14.8. The number of hydrogen-bond donors (Lipinski definition) is 1. The zero-order valence-electron chi connectivity index (χ0n) is 12.7. The van der Waals surface area contributed by atoms with Crippen LogP contribution < -0.4 is 14.8 Å². The third kappa shape index (κ3) is 3.40. The van der Waals surface area contributed by atoms with Crippen LogP contribution in [0.15, 0.2) is 60.8 Å². The molecule has 0 spiro atoms. The van der Waals surface area contributed by atoms with Gasteiger partial charge in [0.15, 0.2) is 18.1 Å². The van der Waals surface area contributed by atoms with Crippen molar-refractivity contribution in [3.63, 3.8) is 0 Å². The van der Waals surface area contributed by atoms with Gasteiger partial charge in [-0.05, 0) is 24.3 Å². The SMILES string of the molecule is COc1ccccc1OCC(=O)Nc1cccc2cccnc12. The number of hydrogen-bond acceptors (Lipinski definition) is 4. The molecule has 0 saturated heterocycles. The molecule has 116 valence electrons. The van der Waals surface area contributed by atoms with Crippen molar-refractivity contribution in [2.75, 3.05) is 19.0 Å². The molecule has 3 rings (SSSR count). The van der Waals surface area contributed by atoms with Crippen molar-refractivity contribution in [2.24, 2.45) is 0 Å². The highest BCUT2D eigenvalue weighted by atomic mass is 16.5. The average Bonchev–Trinajstić information content (AvgIpc) is 2.60. The molecule has 0 aliphatic carbocycles. The molecule has 0 fully saturated rings. The predicted octanol–water partition coefficient (Wildman–Crippen LogP) is 3.26. The molecule has 0 saturated carbocycles. The second-order valence-corrected chi connectivity index (χ2v) is 4.87. The molecule has 0 unspecified atom stereocenters. The van der Waals surface area contributed by atoms with Crippen LogP contribution in [-0.4, -0.2) is 24.6 Å². The molecule has 3 aromatic rings. The number of amides is 1. The van der Waals surface area contributed by atoms with Crippen molar-refractivity contribution in [1.29, 1.82) is 0 Å². The van der Waals surface area contributed by atoms with Crippen LogP contribution in [0.4, 0.5) is 5.69 Å². The van der Waals surface area contributed by atoms with Crippen molar-refractivity contribution in [2.45, 2.75) is 0 Å². The highest BCUT2D eigenvalue weighted by molar-refractivity contribution is 6.00. The van der Waals surface area contributed by atoms with E-state index in [2.05, 4.69) is 10.3 Å². The molecular weight excluding hydrogens is 292 g/mol. The van der Waals surface area contributed by atoms with Gasteiger partial charge in [0.1, 0.15) is 0 Å². The van der Waals surface area contributed by atoms with Gasteiger partial charge < -0.3 is 14.8 Å². The topological polar surface area (TPSA) is 60.5 Å². The molecule has 1 N–H and O–H groups in total. The maximum atomic E-state index is 12.1. The largest absolute Gasteiger partial charge is 0.493 e. The van der Waals surface area contributed by atoms with Gasteiger partial charge >= 0.3 is 0 Å². The molecule has 0 atom stereocenters. The zero-order valence-corrected chi connectivity index (χ0v) is 12.7. The summed E-state index contributed by atoms with van der Waals surface area (Å²) in [7, 11) is 1.56. The Morgan fingerprint density at radius 1 is 1.04 bits per heavy atom. The van der Waals surface area contributed by atoms with E-state index in [1.807, 2.05) is 42.5 Å². The monoisotopic (exact) mass is 308 g/mol. The van der Waals surface area contributed by atoms with Gasteiger partial charge in [0.2, 0.25) is 0 Å². The van der Waals surface area contributed by atoms with Gasteiger partial charge in [-0.1, -0.05) is 30.3 Å². The Hall–Kier alpha value is -3.08. The molecule has 0 bridgehead atoms. The Kier molecular flexibility index (Phi) is 4.38. The maximum Gasteiger partial charge on any atom is 0.262 e. The number of para-hydroxylation sites is 3. The average molecular weight is 308 g/mol. The summed E-state index contributed by atoms with van der Waals surface area (Å²) in [4.78, 5) is 16.4. The Morgan fingerprint density at radius 2 is 1.83 bits per heavy atom. The van der Waals surface area contributed by atoms with E-state index in [1.54, 1.807) is 25.4 Å². The zero-order chi connectivity index (χ0) is 16.1. The Morgan fingerprint density at radius 3 is 2.65 bits per heavy atom. The fourth-order valence-corrected chi connectivity index (χ4v) is 2.27. The molecule has 1 heterocycles. The fraction of sp³-hybridized carbons (Fsp3) is 0.111. The predicted molar refractivity (Wildman–Crippen MR) is 88.9 cm³/mol. The first-order valence-corrected chi connectivity index (χ1v) is 7.17. The highest BCUT2D eigenvalue weighted by Crippen LogP contribution is 2.26. The first-order chi connectivity index (χ1) is 11.3. The number of nitrogens with one attached hydrogen (secondary N) is 1. The fourth-order valence-electron chi connectivity index (χ4n) is 2.27. The van der Waals surface area contributed by atoms with Crippen LogP contribution in [0.25, 0.3) is 10.9 Å². The van der Waals surface area contributed by atoms with Crippen molar-refractivity contribution < 1.29 is 14.3 Å². The van der Waals surface area contributed by atoms with Crippen molar-refractivity contribution >= 4 is 22.5 Å². The van der Waals surface area contributed by atoms with Crippen LogP contribution in [0, 0.1) is 0 Å². The number of methoxy groups -OCH3 is 1. The van der Waals surface area contributed by atoms with E-state index in [0.717, 1.165) is 10.9 Å². The summed E-state index contributed by atoms with van der Waals surface area (Å²) in [5, 5.41) is 3.79. The minimum atomic E-state index is -0.256. The summed E-state index contributed by atoms with van der Waals surface area (Å²) in [5.74, 6) is 0.863. The molecule has 1 aromatic heterocycles. The normalized spacial score (nSPS) is 10.3. The molecule has 0 radical (unpaired) electrons. The number of carbonyl (C=O) groups is 1. The summed E-state index contributed by atoms with van der Waals surface area (Å²) in [5.41, 5.74) is 1.41. The molecular formula is C18H16N2O3. The number of fused-ring (bicyclic) bond motifs is 1. The van der Waals surface area contributed by atoms with Crippen LogP contribution in [0.1, 0.15) is 0 Å². The Balaban J connectivity index is 1.69. The summed E-state index contributed by atoms with van der Waals surface area (Å²) in [6.07, 6.45) is 1.70. The quantitative estimate of drug-likeness (QED) is 0.786. The van der Waals surface area contributed by atoms with Crippen LogP contribution in [0.3, 0.4) is 0 Å². The smallest absolute Gasteiger partial charge is 0.262 e. The Bertz CT molecular complexity index is 828. The minimum Gasteiger partial charge on any atom is -0.493 e. The van der Waals surface area contributed by atoms with Gasteiger partial charge in [-0.3, -0.25) is 9.78 Å². The van der Waals surface area contributed by atoms with E-state index in [0.29, 0.717) is 17.2 Å². The second-order valence-electron chi connectivity index (χ2n) is 4.87. The van der Waals surface area contributed by atoms with Gasteiger partial charge in [-0.25, -0.2) is 0 Å². The van der Waals surface area contributed by atoms with Gasteiger partial charge in [0.25, 0.3) is 5.91 Å². The van der Waals surface area contributed by atoms with E-state index in [4.69, 9.17) is 9.47 Å². The van der Waals surface area contributed by atoms with E-state index in [9.17, 15) is 4.79 Å². The van der Waals surface area contributed by atoms with Gasteiger partial charge in [0.05, 0.1) is 18.3 Å². The Labute approximate surface area is 133 Å².